The van der Waals surface area contributed by atoms with Crippen LogP contribution in [0.2, 0.25) is 5.02 Å². The summed E-state index contributed by atoms with van der Waals surface area (Å²) in [6, 6.07) is 10.5. The third-order valence-electron chi connectivity index (χ3n) is 21.1. The van der Waals surface area contributed by atoms with Crippen LogP contribution in [0.15, 0.2) is 95.4 Å². The number of fused-ring (bicyclic) bond motifs is 2. The molecule has 2 aromatic carbocycles. The van der Waals surface area contributed by atoms with Crippen molar-refractivity contribution in [1.82, 2.24) is 56.4 Å². The predicted octanol–water partition coefficient (Wildman–Crippen LogP) is 13.6. The average Bonchev–Trinajstić information content (AvgIpc) is 1.18. The van der Waals surface area contributed by atoms with Crippen molar-refractivity contribution in [2.75, 3.05) is 66.5 Å². The Labute approximate surface area is 559 Å². The summed E-state index contributed by atoms with van der Waals surface area (Å²) in [6.07, 6.45) is 15.1. The predicted molar refractivity (Wildman–Crippen MR) is 370 cm³/mol. The second-order valence-corrected chi connectivity index (χ2v) is 28.9. The number of amides is 1. The van der Waals surface area contributed by atoms with Crippen LogP contribution >= 0.6 is 11.6 Å². The topological polar surface area (TPSA) is 118 Å². The average molecular weight is 1330 g/mol. The van der Waals surface area contributed by atoms with E-state index in [1.54, 1.807) is 24.5 Å². The molecule has 5 unspecified atom stereocenters. The van der Waals surface area contributed by atoms with Crippen molar-refractivity contribution >= 4 is 23.7 Å². The van der Waals surface area contributed by atoms with Crippen LogP contribution in [-0.2, 0) is 30.0 Å². The first-order valence-corrected chi connectivity index (χ1v) is 35.5. The van der Waals surface area contributed by atoms with Crippen molar-refractivity contribution in [2.45, 2.75) is 238 Å². The highest BCUT2D eigenvalue weighted by atomic mass is 35.5. The first-order valence-electron chi connectivity index (χ1n) is 35.2. The summed E-state index contributed by atoms with van der Waals surface area (Å²) in [5.41, 5.74) is 2.52. The van der Waals surface area contributed by atoms with E-state index in [4.69, 9.17) is 16.6 Å². The molecule has 1 amide bonds. The number of rotatable bonds is 12. The quantitative estimate of drug-likeness (QED) is 0.114. The van der Waals surface area contributed by atoms with Gasteiger partial charge in [0.2, 0.25) is 5.91 Å². The maximum absolute atomic E-state index is 14.7. The lowest BCUT2D eigenvalue weighted by atomic mass is 9.74. The van der Waals surface area contributed by atoms with Crippen LogP contribution in [0.25, 0.3) is 0 Å². The molecular formula is C73H115ClF6N12O. The molecule has 2 aromatic rings. The van der Waals surface area contributed by atoms with E-state index < -0.39 is 23.5 Å². The molecule has 20 heteroatoms. The normalized spacial score (nSPS) is 28.4. The van der Waals surface area contributed by atoms with Crippen LogP contribution in [0.1, 0.15) is 175 Å². The summed E-state index contributed by atoms with van der Waals surface area (Å²) >= 11 is 6.18. The van der Waals surface area contributed by atoms with Crippen molar-refractivity contribution < 1.29 is 31.1 Å². The Balaban J connectivity index is 1.22. The van der Waals surface area contributed by atoms with Crippen LogP contribution in [0.3, 0.4) is 0 Å². The van der Waals surface area contributed by atoms with E-state index in [1.807, 2.05) is 37.5 Å². The molecule has 12 atom stereocenters. The molecule has 4 aliphatic heterocycles. The van der Waals surface area contributed by atoms with Crippen molar-refractivity contribution in [1.29, 1.82) is 0 Å². The summed E-state index contributed by atoms with van der Waals surface area (Å²) in [5.74, 6) is 1.47. The van der Waals surface area contributed by atoms with Crippen molar-refractivity contribution in [3.63, 3.8) is 0 Å². The van der Waals surface area contributed by atoms with E-state index in [2.05, 4.69) is 134 Å². The van der Waals surface area contributed by atoms with Gasteiger partial charge in [0.25, 0.3) is 0 Å². The monoisotopic (exact) mass is 1320 g/mol. The van der Waals surface area contributed by atoms with E-state index >= 15 is 0 Å². The Morgan fingerprint density at radius 3 is 2.11 bits per heavy atom. The van der Waals surface area contributed by atoms with Gasteiger partial charge < -0.3 is 51.5 Å². The minimum Gasteiger partial charge on any atom is -0.369 e. The number of benzene rings is 2. The van der Waals surface area contributed by atoms with Crippen molar-refractivity contribution in [2.24, 2.45) is 28.7 Å². The summed E-state index contributed by atoms with van der Waals surface area (Å²) in [7, 11) is 3.90. The Kier molecular flexibility index (Phi) is 28.5. The van der Waals surface area contributed by atoms with Gasteiger partial charge in [0, 0.05) is 174 Å². The molecule has 1 aliphatic carbocycles. The van der Waals surface area contributed by atoms with Crippen molar-refractivity contribution in [3.05, 3.63) is 118 Å². The van der Waals surface area contributed by atoms with E-state index in [1.165, 1.54) is 17.8 Å². The van der Waals surface area contributed by atoms with E-state index in [-0.39, 0.29) is 70.9 Å². The maximum atomic E-state index is 14.7. The number of allylic oxidation sites excluding steroid dienone is 4. The third kappa shape index (κ3) is 21.2. The van der Waals surface area contributed by atoms with E-state index in [9.17, 15) is 31.1 Å². The SMILES string of the molecule is CC[C@H](C)[C@H]1C(C)NC2(CCCC2)CNCCN=CC=C(CCc2ccc(C(F)(F)F)c(Cl)c2)NC=CN(C)C=C(Cc2ccc(C(F)(F)F)cc2)N(C)C=C2CCCN2[C@@H](C)C(C)N[C@@H]([C@@H](C)CC)CN[C@@H](CC(C)C)C(C)NCC2[C@H](C(=O)N3CCCC3)C(C)N21. The number of aliphatic imine (C=N–C) groups is 1. The van der Waals surface area contributed by atoms with Gasteiger partial charge in [-0.3, -0.25) is 14.7 Å². The first kappa shape index (κ1) is 75.7. The zero-order valence-corrected chi connectivity index (χ0v) is 59.1. The number of aryl methyl sites for hydroxylation is 1. The van der Waals surface area contributed by atoms with Gasteiger partial charge in [-0.25, -0.2) is 0 Å². The second-order valence-electron chi connectivity index (χ2n) is 28.5. The second kappa shape index (κ2) is 35.0. The third-order valence-corrected chi connectivity index (χ3v) is 21.5. The van der Waals surface area contributed by atoms with Gasteiger partial charge in [0.05, 0.1) is 28.6 Å². The maximum Gasteiger partial charge on any atom is 0.417 e. The highest BCUT2D eigenvalue weighted by molar-refractivity contribution is 6.31. The molecule has 0 bridgehead atoms. The molecule has 0 aromatic heterocycles. The molecule has 7 rings (SSSR count). The van der Waals surface area contributed by atoms with Crippen LogP contribution in [0.5, 0.6) is 0 Å². The highest BCUT2D eigenvalue weighted by Gasteiger charge is 2.55. The van der Waals surface area contributed by atoms with Crippen LogP contribution in [0, 0.1) is 23.7 Å². The van der Waals surface area contributed by atoms with Gasteiger partial charge >= 0.3 is 12.4 Å². The Bertz CT molecular complexity index is 2800. The number of alkyl halides is 6. The van der Waals surface area contributed by atoms with Crippen LogP contribution < -0.4 is 31.9 Å². The number of halogens is 7. The molecule has 13 nitrogen and oxygen atoms in total. The summed E-state index contributed by atoms with van der Waals surface area (Å²) < 4.78 is 82.4. The molecule has 6 N–H and O–H groups in total. The lowest BCUT2D eigenvalue weighted by Crippen LogP contribution is -2.76. The molecule has 4 heterocycles. The molecule has 1 saturated carbocycles. The molecule has 1 spiro atoms. The molecule has 0 radical (unpaired) electrons. The van der Waals surface area contributed by atoms with E-state index in [0.29, 0.717) is 61.6 Å². The largest absolute Gasteiger partial charge is 0.417 e. The van der Waals surface area contributed by atoms with Gasteiger partial charge in [-0.1, -0.05) is 97.0 Å². The molecule has 3 saturated heterocycles. The van der Waals surface area contributed by atoms with Gasteiger partial charge in [-0.15, -0.1) is 0 Å². The minimum atomic E-state index is -4.57. The van der Waals surface area contributed by atoms with Crippen LogP contribution in [0.4, 0.5) is 26.3 Å². The first-order chi connectivity index (χ1) is 44.1. The molecule has 5 aliphatic rings. The van der Waals surface area contributed by atoms with Crippen LogP contribution in [-0.4, -0.2) is 163 Å². The number of nitrogens with zero attached hydrogens (tertiary/aromatic N) is 6. The molecule has 522 valence electrons. The fourth-order valence-corrected chi connectivity index (χ4v) is 15.4. The molecular weight excluding hydrogens is 1210 g/mol. The Hall–Kier alpha value is -4.63. The van der Waals surface area contributed by atoms with Gasteiger partial charge in [-0.2, -0.15) is 26.3 Å². The van der Waals surface area contributed by atoms with Crippen molar-refractivity contribution in [3.8, 4) is 0 Å². The minimum absolute atomic E-state index is 0.0464. The highest BCUT2D eigenvalue weighted by Crippen LogP contribution is 2.42. The summed E-state index contributed by atoms with van der Waals surface area (Å²) in [6.45, 7) is 31.7. The number of carbonyl (C=O) groups is 1. The number of nitrogens with one attached hydrogen (secondary N) is 6. The molecule has 93 heavy (non-hydrogen) atoms. The van der Waals surface area contributed by atoms with Gasteiger partial charge in [0.1, 0.15) is 0 Å². The zero-order valence-electron chi connectivity index (χ0n) is 58.3. The molecule has 4 fully saturated rings. The smallest absolute Gasteiger partial charge is 0.369 e. The van der Waals surface area contributed by atoms with Gasteiger partial charge in [0.15, 0.2) is 0 Å². The number of hydrogen-bond acceptors (Lipinski definition) is 12. The Morgan fingerprint density at radius 1 is 0.774 bits per heavy atom. The Morgan fingerprint density at radius 2 is 1.46 bits per heavy atom. The van der Waals surface area contributed by atoms with Gasteiger partial charge in [-0.05, 0) is 152 Å². The number of likely N-dealkylation sites (tertiary alicyclic amines) is 1. The number of likely N-dealkylation sites (N-methyl/N-ethyl adjacent to an activating group) is 1. The summed E-state index contributed by atoms with van der Waals surface area (Å²) in [4.78, 5) is 30.9. The van der Waals surface area contributed by atoms with E-state index in [0.717, 1.165) is 145 Å². The lowest BCUT2D eigenvalue weighted by molar-refractivity contribution is -0.160. The zero-order chi connectivity index (χ0) is 67.8. The standard InChI is InChI=1S/C73H115ClF6N12O/c1-14-50(5)66-44-85-65(41-49(3)4)53(8)84-45-67-68(70(93)90-37-18-19-38-90)56(11)92(67)69(51(6)15-2)54(9)87-71(31-16-17-32-71)48-82-35-34-81-33-30-60(28-24-58-25-29-63(64(74)43-58)73(78,79)80)83-36-40-88(12)46-62(42-57-22-26-59(27-23-57)72(75,76)77)89(13)47-61-21-20-39-91(61)55(10)52(7)86-66/h22-23,25-27,29-30,33,36,40,43,46-47,49-56,65-69,82-87H,14-21,24,28,31-32,34-35,37-39,41-42,44-45,48H2,1-13H3/t50-,51-,52?,53?,54?,55-,56?,65-,66+,67?,68+,69-/m0/s1. The number of carbonyl (C=O) groups excluding carboxylic acids is 1. The fraction of sp³-hybridized carbons (Fsp3) is 0.699. The lowest BCUT2D eigenvalue weighted by Gasteiger charge is -2.60. The fourth-order valence-electron chi connectivity index (χ4n) is 15.1. The summed E-state index contributed by atoms with van der Waals surface area (Å²) in [5, 5.41) is 23.5. The number of hydrogen-bond donors (Lipinski definition) is 6.